The fourth-order valence-electron chi connectivity index (χ4n) is 2.66. The molecule has 0 aliphatic heterocycles. The smallest absolute Gasteiger partial charge is 0.338 e. The number of carbonyl (C=O) groups excluding carboxylic acids is 1. The zero-order chi connectivity index (χ0) is 17.6. The summed E-state index contributed by atoms with van der Waals surface area (Å²) in [5.74, 6) is -1.01. The third-order valence-corrected chi connectivity index (χ3v) is 4.19. The van der Waals surface area contributed by atoms with Gasteiger partial charge >= 0.3 is 5.97 Å². The van der Waals surface area contributed by atoms with Gasteiger partial charge in [-0.25, -0.2) is 4.79 Å². The molecule has 0 amide bonds. The number of hydrogen-bond acceptors (Lipinski definition) is 4. The van der Waals surface area contributed by atoms with Gasteiger partial charge in [-0.2, -0.15) is 0 Å². The number of phenols is 2. The lowest BCUT2D eigenvalue weighted by molar-refractivity contribution is 0.0497. The van der Waals surface area contributed by atoms with E-state index in [0.717, 1.165) is 12.8 Å². The molecule has 24 heavy (non-hydrogen) atoms. The van der Waals surface area contributed by atoms with Crippen LogP contribution in [0.4, 0.5) is 0 Å². The Kier molecular flexibility index (Phi) is 10.7. The summed E-state index contributed by atoms with van der Waals surface area (Å²) in [6.45, 7) is 2.64. The molecule has 4 heteroatoms. The van der Waals surface area contributed by atoms with Crippen LogP contribution in [-0.2, 0) is 4.74 Å². The lowest BCUT2D eigenvalue weighted by atomic mass is 10.1. The van der Waals surface area contributed by atoms with Crippen LogP contribution in [0.5, 0.6) is 11.5 Å². The molecule has 0 fully saturated rings. The van der Waals surface area contributed by atoms with Crippen LogP contribution in [0, 0.1) is 0 Å². The van der Waals surface area contributed by atoms with E-state index in [1.807, 2.05) is 0 Å². The Bertz CT molecular complexity index is 471. The van der Waals surface area contributed by atoms with Crippen molar-refractivity contribution in [3.05, 3.63) is 23.8 Å². The van der Waals surface area contributed by atoms with Gasteiger partial charge in [-0.3, -0.25) is 0 Å². The minimum absolute atomic E-state index is 0.239. The Hall–Kier alpha value is -1.71. The van der Waals surface area contributed by atoms with E-state index < -0.39 is 5.97 Å². The second-order valence-electron chi connectivity index (χ2n) is 6.37. The molecule has 0 heterocycles. The molecule has 0 spiro atoms. The van der Waals surface area contributed by atoms with Crippen molar-refractivity contribution in [3.63, 3.8) is 0 Å². The third kappa shape index (κ3) is 8.80. The maximum absolute atomic E-state index is 11.8. The summed E-state index contributed by atoms with van der Waals surface area (Å²) in [5, 5.41) is 18.6. The molecule has 0 aromatic heterocycles. The molecular weight excluding hydrogens is 304 g/mol. The summed E-state index contributed by atoms with van der Waals surface area (Å²) in [5.41, 5.74) is 0.258. The molecule has 0 saturated heterocycles. The van der Waals surface area contributed by atoms with Gasteiger partial charge in [0.15, 0.2) is 11.5 Å². The van der Waals surface area contributed by atoms with Gasteiger partial charge in [0.05, 0.1) is 12.2 Å². The van der Waals surface area contributed by atoms with Gasteiger partial charge in [-0.05, 0) is 24.6 Å². The van der Waals surface area contributed by atoms with Crippen molar-refractivity contribution in [1.29, 1.82) is 0 Å². The summed E-state index contributed by atoms with van der Waals surface area (Å²) < 4.78 is 5.17. The van der Waals surface area contributed by atoms with Gasteiger partial charge in [-0.15, -0.1) is 0 Å². The Labute approximate surface area is 145 Å². The monoisotopic (exact) mass is 336 g/mol. The normalized spacial score (nSPS) is 10.7. The van der Waals surface area contributed by atoms with E-state index in [1.54, 1.807) is 0 Å². The molecule has 1 aromatic carbocycles. The van der Waals surface area contributed by atoms with Crippen LogP contribution in [0.25, 0.3) is 0 Å². The summed E-state index contributed by atoms with van der Waals surface area (Å²) in [4.78, 5) is 11.8. The van der Waals surface area contributed by atoms with Crippen molar-refractivity contribution in [2.24, 2.45) is 0 Å². The number of esters is 1. The van der Waals surface area contributed by atoms with Crippen LogP contribution >= 0.6 is 0 Å². The van der Waals surface area contributed by atoms with E-state index in [1.165, 1.54) is 76.0 Å². The van der Waals surface area contributed by atoms with Crippen LogP contribution in [0.15, 0.2) is 18.2 Å². The van der Waals surface area contributed by atoms with Crippen molar-refractivity contribution >= 4 is 5.97 Å². The highest BCUT2D eigenvalue weighted by Gasteiger charge is 2.09. The highest BCUT2D eigenvalue weighted by Crippen LogP contribution is 2.25. The molecule has 0 bridgehead atoms. The van der Waals surface area contributed by atoms with Crippen molar-refractivity contribution in [3.8, 4) is 11.5 Å². The van der Waals surface area contributed by atoms with Gasteiger partial charge in [0.25, 0.3) is 0 Å². The van der Waals surface area contributed by atoms with Crippen molar-refractivity contribution in [2.75, 3.05) is 6.61 Å². The van der Waals surface area contributed by atoms with Gasteiger partial charge < -0.3 is 14.9 Å². The number of hydrogen-bond donors (Lipinski definition) is 2. The van der Waals surface area contributed by atoms with E-state index in [4.69, 9.17) is 4.74 Å². The quantitative estimate of drug-likeness (QED) is 0.281. The van der Waals surface area contributed by atoms with E-state index in [-0.39, 0.29) is 17.1 Å². The van der Waals surface area contributed by atoms with Crippen molar-refractivity contribution in [1.82, 2.24) is 0 Å². The molecule has 2 N–H and O–H groups in total. The average molecular weight is 336 g/mol. The van der Waals surface area contributed by atoms with Gasteiger partial charge in [0, 0.05) is 0 Å². The van der Waals surface area contributed by atoms with Gasteiger partial charge in [-0.1, -0.05) is 71.1 Å². The number of ether oxygens (including phenoxy) is 1. The fraction of sp³-hybridized carbons (Fsp3) is 0.650. The second-order valence-corrected chi connectivity index (χ2v) is 6.37. The Morgan fingerprint density at radius 3 is 1.92 bits per heavy atom. The lowest BCUT2D eigenvalue weighted by Crippen LogP contribution is -2.06. The predicted molar refractivity (Wildman–Crippen MR) is 96.5 cm³/mol. The van der Waals surface area contributed by atoms with Gasteiger partial charge in [0.1, 0.15) is 0 Å². The standard InChI is InChI=1S/C20H32O4/c1-2-3-4-5-6-7-8-9-10-11-12-15-24-20(23)17-13-14-18(21)19(22)16-17/h13-14,16,21-22H,2-12,15H2,1H3. The number of aromatic hydroxyl groups is 2. The van der Waals surface area contributed by atoms with Crippen LogP contribution in [-0.4, -0.2) is 22.8 Å². The zero-order valence-electron chi connectivity index (χ0n) is 14.9. The summed E-state index contributed by atoms with van der Waals surface area (Å²) in [6.07, 6.45) is 13.8. The number of benzene rings is 1. The Morgan fingerprint density at radius 1 is 0.833 bits per heavy atom. The minimum Gasteiger partial charge on any atom is -0.504 e. The molecule has 0 saturated carbocycles. The van der Waals surface area contributed by atoms with Crippen LogP contribution < -0.4 is 0 Å². The number of unbranched alkanes of at least 4 members (excludes halogenated alkanes) is 10. The number of rotatable bonds is 13. The highest BCUT2D eigenvalue weighted by atomic mass is 16.5. The molecule has 1 aromatic rings. The SMILES string of the molecule is CCCCCCCCCCCCCOC(=O)c1ccc(O)c(O)c1. The molecule has 4 nitrogen and oxygen atoms in total. The molecule has 0 atom stereocenters. The largest absolute Gasteiger partial charge is 0.504 e. The molecular formula is C20H32O4. The van der Waals surface area contributed by atoms with E-state index in [2.05, 4.69) is 6.92 Å². The van der Waals surface area contributed by atoms with E-state index in [9.17, 15) is 15.0 Å². The Balaban J connectivity index is 1.96. The van der Waals surface area contributed by atoms with Crippen LogP contribution in [0.2, 0.25) is 0 Å². The fourth-order valence-corrected chi connectivity index (χ4v) is 2.66. The molecule has 0 aliphatic rings. The molecule has 0 unspecified atom stereocenters. The minimum atomic E-state index is -0.461. The molecule has 136 valence electrons. The van der Waals surface area contributed by atoms with Crippen LogP contribution in [0.3, 0.4) is 0 Å². The summed E-state index contributed by atoms with van der Waals surface area (Å²) in [6, 6.07) is 3.95. The third-order valence-electron chi connectivity index (χ3n) is 4.19. The van der Waals surface area contributed by atoms with Crippen LogP contribution in [0.1, 0.15) is 87.9 Å². The second kappa shape index (κ2) is 12.7. The topological polar surface area (TPSA) is 66.8 Å². The molecule has 1 rings (SSSR count). The molecule has 0 aliphatic carbocycles. The van der Waals surface area contributed by atoms with E-state index >= 15 is 0 Å². The highest BCUT2D eigenvalue weighted by molar-refractivity contribution is 5.90. The number of carbonyl (C=O) groups is 1. The first-order valence-electron chi connectivity index (χ1n) is 9.34. The average Bonchev–Trinajstić information content (AvgIpc) is 2.58. The number of phenolic OH excluding ortho intramolecular Hbond substituents is 2. The van der Waals surface area contributed by atoms with Crippen molar-refractivity contribution in [2.45, 2.75) is 77.6 Å². The summed E-state index contributed by atoms with van der Waals surface area (Å²) in [7, 11) is 0. The molecule has 0 radical (unpaired) electrons. The first-order chi connectivity index (χ1) is 11.6. The first-order valence-corrected chi connectivity index (χ1v) is 9.34. The maximum atomic E-state index is 11.8. The summed E-state index contributed by atoms with van der Waals surface area (Å²) >= 11 is 0. The van der Waals surface area contributed by atoms with E-state index in [0.29, 0.717) is 6.61 Å². The van der Waals surface area contributed by atoms with Gasteiger partial charge in [0.2, 0.25) is 0 Å². The Morgan fingerprint density at radius 2 is 1.38 bits per heavy atom. The predicted octanol–water partition coefficient (Wildman–Crippen LogP) is 5.57. The zero-order valence-corrected chi connectivity index (χ0v) is 14.9. The first kappa shape index (κ1) is 20.3. The maximum Gasteiger partial charge on any atom is 0.338 e. The lowest BCUT2D eigenvalue weighted by Gasteiger charge is -2.06. The van der Waals surface area contributed by atoms with Crippen molar-refractivity contribution < 1.29 is 19.7 Å².